The van der Waals surface area contributed by atoms with Crippen molar-refractivity contribution in [3.05, 3.63) is 59.6 Å². The normalized spacial score (nSPS) is 10.3. The summed E-state index contributed by atoms with van der Waals surface area (Å²) in [5.74, 6) is 1.22. The van der Waals surface area contributed by atoms with E-state index >= 15 is 0 Å². The Labute approximate surface area is 150 Å². The average Bonchev–Trinajstić information content (AvgIpc) is 3.17. The standard InChI is InChI=1S/C19H18N2O3S/c1-23-16-8-5-14(17(12-16)24-2)11-18(22)21-15-6-3-13(4-7-15)19-20-9-10-25-19/h3-10,12H,11H2,1-2H3,(H,21,22). The number of benzene rings is 2. The first-order chi connectivity index (χ1) is 12.2. The summed E-state index contributed by atoms with van der Waals surface area (Å²) < 4.78 is 10.5. The molecule has 0 unspecified atom stereocenters. The lowest BCUT2D eigenvalue weighted by molar-refractivity contribution is -0.115. The molecule has 0 aliphatic carbocycles. The highest BCUT2D eigenvalue weighted by atomic mass is 32.1. The minimum atomic E-state index is -0.106. The van der Waals surface area contributed by atoms with Crippen LogP contribution in [0.2, 0.25) is 0 Å². The zero-order chi connectivity index (χ0) is 17.6. The number of thiazole rings is 1. The molecule has 0 aliphatic heterocycles. The Morgan fingerprint density at radius 2 is 1.92 bits per heavy atom. The average molecular weight is 354 g/mol. The van der Waals surface area contributed by atoms with Crippen LogP contribution in [0.25, 0.3) is 10.6 Å². The topological polar surface area (TPSA) is 60.5 Å². The van der Waals surface area contributed by atoms with Crippen molar-refractivity contribution in [2.45, 2.75) is 6.42 Å². The van der Waals surface area contributed by atoms with E-state index in [0.717, 1.165) is 21.8 Å². The fraction of sp³-hybridized carbons (Fsp3) is 0.158. The van der Waals surface area contributed by atoms with Crippen molar-refractivity contribution in [2.75, 3.05) is 19.5 Å². The Kier molecular flexibility index (Phi) is 5.30. The molecule has 1 amide bonds. The predicted molar refractivity (Wildman–Crippen MR) is 99.4 cm³/mol. The number of carbonyl (C=O) groups excluding carboxylic acids is 1. The maximum Gasteiger partial charge on any atom is 0.228 e. The summed E-state index contributed by atoms with van der Waals surface area (Å²) in [5, 5.41) is 5.80. The van der Waals surface area contributed by atoms with Gasteiger partial charge in [-0.3, -0.25) is 4.79 Å². The van der Waals surface area contributed by atoms with Gasteiger partial charge in [0.25, 0.3) is 0 Å². The van der Waals surface area contributed by atoms with Crippen LogP contribution in [0.3, 0.4) is 0 Å². The lowest BCUT2D eigenvalue weighted by atomic mass is 10.1. The van der Waals surface area contributed by atoms with E-state index in [2.05, 4.69) is 10.3 Å². The highest BCUT2D eigenvalue weighted by molar-refractivity contribution is 7.13. The molecule has 25 heavy (non-hydrogen) atoms. The van der Waals surface area contributed by atoms with E-state index in [0.29, 0.717) is 11.5 Å². The largest absolute Gasteiger partial charge is 0.497 e. The molecular formula is C19H18N2O3S. The smallest absolute Gasteiger partial charge is 0.228 e. The van der Waals surface area contributed by atoms with E-state index in [4.69, 9.17) is 9.47 Å². The molecule has 0 spiro atoms. The summed E-state index contributed by atoms with van der Waals surface area (Å²) in [6.07, 6.45) is 2.00. The van der Waals surface area contributed by atoms with Gasteiger partial charge in [0.05, 0.1) is 20.6 Å². The molecule has 128 valence electrons. The van der Waals surface area contributed by atoms with Crippen molar-refractivity contribution in [3.8, 4) is 22.1 Å². The molecule has 0 bridgehead atoms. The monoisotopic (exact) mass is 354 g/mol. The second kappa shape index (κ2) is 7.81. The number of rotatable bonds is 6. The highest BCUT2D eigenvalue weighted by Crippen LogP contribution is 2.26. The second-order valence-electron chi connectivity index (χ2n) is 5.32. The minimum Gasteiger partial charge on any atom is -0.497 e. The van der Waals surface area contributed by atoms with Crippen LogP contribution in [0.5, 0.6) is 11.5 Å². The van der Waals surface area contributed by atoms with E-state index in [1.54, 1.807) is 37.8 Å². The number of anilines is 1. The Hall–Kier alpha value is -2.86. The summed E-state index contributed by atoms with van der Waals surface area (Å²) in [5.41, 5.74) is 2.59. The molecule has 5 nitrogen and oxygen atoms in total. The lowest BCUT2D eigenvalue weighted by Crippen LogP contribution is -2.14. The van der Waals surface area contributed by atoms with Gasteiger partial charge in [-0.25, -0.2) is 4.98 Å². The van der Waals surface area contributed by atoms with Crippen molar-refractivity contribution in [2.24, 2.45) is 0 Å². The lowest BCUT2D eigenvalue weighted by Gasteiger charge is -2.11. The summed E-state index contributed by atoms with van der Waals surface area (Å²) in [6, 6.07) is 13.1. The minimum absolute atomic E-state index is 0.106. The molecule has 0 saturated carbocycles. The number of nitrogens with zero attached hydrogens (tertiary/aromatic N) is 1. The number of carbonyl (C=O) groups is 1. The number of hydrogen-bond acceptors (Lipinski definition) is 5. The summed E-state index contributed by atoms with van der Waals surface area (Å²) in [6.45, 7) is 0. The van der Waals surface area contributed by atoms with Gasteiger partial charge in [-0.2, -0.15) is 0 Å². The zero-order valence-corrected chi connectivity index (χ0v) is 14.8. The molecule has 1 aromatic heterocycles. The SMILES string of the molecule is COc1ccc(CC(=O)Nc2ccc(-c3nccs3)cc2)c(OC)c1. The van der Waals surface area contributed by atoms with Gasteiger partial charge < -0.3 is 14.8 Å². The van der Waals surface area contributed by atoms with Gasteiger partial charge in [-0.1, -0.05) is 6.07 Å². The third-order valence-corrected chi connectivity index (χ3v) is 4.52. The van der Waals surface area contributed by atoms with Crippen molar-refractivity contribution in [1.82, 2.24) is 4.98 Å². The first-order valence-electron chi connectivity index (χ1n) is 7.70. The Morgan fingerprint density at radius 1 is 1.12 bits per heavy atom. The number of methoxy groups -OCH3 is 2. The Balaban J connectivity index is 1.66. The first-order valence-corrected chi connectivity index (χ1v) is 8.58. The van der Waals surface area contributed by atoms with Crippen molar-refractivity contribution >= 4 is 22.9 Å². The molecule has 0 atom stereocenters. The van der Waals surface area contributed by atoms with Gasteiger partial charge in [0, 0.05) is 34.5 Å². The molecular weight excluding hydrogens is 336 g/mol. The van der Waals surface area contributed by atoms with Gasteiger partial charge in [0.1, 0.15) is 16.5 Å². The number of ether oxygens (including phenoxy) is 2. The van der Waals surface area contributed by atoms with E-state index in [-0.39, 0.29) is 12.3 Å². The molecule has 0 saturated heterocycles. The highest BCUT2D eigenvalue weighted by Gasteiger charge is 2.10. The molecule has 3 rings (SSSR count). The Morgan fingerprint density at radius 3 is 2.56 bits per heavy atom. The summed E-state index contributed by atoms with van der Waals surface area (Å²) in [4.78, 5) is 16.6. The van der Waals surface area contributed by atoms with Crippen LogP contribution in [-0.4, -0.2) is 25.1 Å². The van der Waals surface area contributed by atoms with E-state index in [9.17, 15) is 4.79 Å². The molecule has 6 heteroatoms. The molecule has 0 aliphatic rings. The van der Waals surface area contributed by atoms with Crippen molar-refractivity contribution in [3.63, 3.8) is 0 Å². The number of aromatic nitrogens is 1. The third kappa shape index (κ3) is 4.16. The van der Waals surface area contributed by atoms with Gasteiger partial charge in [-0.05, 0) is 30.3 Å². The van der Waals surface area contributed by atoms with Gasteiger partial charge in [0.2, 0.25) is 5.91 Å². The van der Waals surface area contributed by atoms with Crippen LogP contribution in [0, 0.1) is 0 Å². The summed E-state index contributed by atoms with van der Waals surface area (Å²) in [7, 11) is 3.17. The van der Waals surface area contributed by atoms with Crippen molar-refractivity contribution < 1.29 is 14.3 Å². The third-order valence-electron chi connectivity index (χ3n) is 3.69. The van der Waals surface area contributed by atoms with Crippen molar-refractivity contribution in [1.29, 1.82) is 0 Å². The predicted octanol–water partition coefficient (Wildman–Crippen LogP) is 4.01. The van der Waals surface area contributed by atoms with Crippen LogP contribution >= 0.6 is 11.3 Å². The maximum atomic E-state index is 12.3. The fourth-order valence-electron chi connectivity index (χ4n) is 2.44. The van der Waals surface area contributed by atoms with E-state index < -0.39 is 0 Å². The summed E-state index contributed by atoms with van der Waals surface area (Å²) >= 11 is 1.58. The first kappa shape index (κ1) is 17.0. The molecule has 0 radical (unpaired) electrons. The van der Waals surface area contributed by atoms with Gasteiger partial charge in [0.15, 0.2) is 0 Å². The van der Waals surface area contributed by atoms with Crippen LogP contribution in [-0.2, 0) is 11.2 Å². The molecule has 3 aromatic rings. The molecule has 2 aromatic carbocycles. The van der Waals surface area contributed by atoms with E-state index in [1.807, 2.05) is 41.8 Å². The van der Waals surface area contributed by atoms with Crippen LogP contribution < -0.4 is 14.8 Å². The van der Waals surface area contributed by atoms with Crippen LogP contribution in [0.15, 0.2) is 54.0 Å². The van der Waals surface area contributed by atoms with Gasteiger partial charge in [-0.15, -0.1) is 11.3 Å². The quantitative estimate of drug-likeness (QED) is 0.727. The molecule has 0 fully saturated rings. The maximum absolute atomic E-state index is 12.3. The van der Waals surface area contributed by atoms with Crippen LogP contribution in [0.4, 0.5) is 5.69 Å². The van der Waals surface area contributed by atoms with Crippen LogP contribution in [0.1, 0.15) is 5.56 Å². The number of nitrogens with one attached hydrogen (secondary N) is 1. The Bertz CT molecular complexity index is 846. The molecule has 1 heterocycles. The number of hydrogen-bond donors (Lipinski definition) is 1. The number of amides is 1. The zero-order valence-electron chi connectivity index (χ0n) is 14.0. The van der Waals surface area contributed by atoms with E-state index in [1.165, 1.54) is 0 Å². The molecule has 1 N–H and O–H groups in total. The van der Waals surface area contributed by atoms with Gasteiger partial charge >= 0.3 is 0 Å². The fourth-order valence-corrected chi connectivity index (χ4v) is 3.08. The second-order valence-corrected chi connectivity index (χ2v) is 6.21.